The summed E-state index contributed by atoms with van der Waals surface area (Å²) in [5, 5.41) is 17.8. The highest BCUT2D eigenvalue weighted by atomic mass is 16.6. The molecule has 1 aromatic rings. The number of morpholine rings is 1. The molecule has 10 nitrogen and oxygen atoms in total. The average Bonchev–Trinajstić information content (AvgIpc) is 2.66. The van der Waals surface area contributed by atoms with Gasteiger partial charge in [0.1, 0.15) is 13.1 Å². The predicted molar refractivity (Wildman–Crippen MR) is 103 cm³/mol. The number of nitrogens with one attached hydrogen (secondary N) is 3. The lowest BCUT2D eigenvalue weighted by molar-refractivity contribution is -0.908. The number of nitrogens with two attached hydrogens (primary N) is 1. The van der Waals surface area contributed by atoms with Crippen LogP contribution in [0.5, 0.6) is 0 Å². The van der Waals surface area contributed by atoms with Crippen LogP contribution in [0, 0.1) is 10.1 Å². The normalized spacial score (nSPS) is 19.0. The van der Waals surface area contributed by atoms with E-state index >= 15 is 0 Å². The van der Waals surface area contributed by atoms with Gasteiger partial charge in [-0.1, -0.05) is 19.3 Å². The lowest BCUT2D eigenvalue weighted by atomic mass is 9.95. The van der Waals surface area contributed by atoms with Gasteiger partial charge in [0.2, 0.25) is 17.6 Å². The molecular formula is C17H30N7O3+. The van der Waals surface area contributed by atoms with Crippen molar-refractivity contribution < 1.29 is 14.6 Å². The molecule has 5 N–H and O–H groups in total. The number of quaternary nitrogens is 1. The van der Waals surface area contributed by atoms with Gasteiger partial charge in [0.25, 0.3) is 0 Å². The summed E-state index contributed by atoms with van der Waals surface area (Å²) in [7, 11) is 0. The maximum atomic E-state index is 11.4. The van der Waals surface area contributed by atoms with Crippen molar-refractivity contribution in [2.45, 2.75) is 44.6 Å². The number of aromatic nitrogens is 2. The summed E-state index contributed by atoms with van der Waals surface area (Å²) in [5.41, 5.74) is 5.63. The Labute approximate surface area is 159 Å². The Hall–Kier alpha value is -2.20. The van der Waals surface area contributed by atoms with Crippen LogP contribution in [-0.4, -0.2) is 60.3 Å². The fourth-order valence-corrected chi connectivity index (χ4v) is 3.72. The quantitative estimate of drug-likeness (QED) is 0.290. The Morgan fingerprint density at radius 3 is 2.67 bits per heavy atom. The first-order chi connectivity index (χ1) is 13.1. The van der Waals surface area contributed by atoms with E-state index in [2.05, 4.69) is 20.6 Å². The third-order valence-corrected chi connectivity index (χ3v) is 5.23. The molecule has 0 aromatic carbocycles. The molecule has 1 aliphatic heterocycles. The zero-order valence-corrected chi connectivity index (χ0v) is 15.7. The molecule has 27 heavy (non-hydrogen) atoms. The van der Waals surface area contributed by atoms with Crippen LogP contribution in [0.25, 0.3) is 0 Å². The van der Waals surface area contributed by atoms with Crippen molar-refractivity contribution in [1.29, 1.82) is 0 Å². The summed E-state index contributed by atoms with van der Waals surface area (Å²) in [6.07, 6.45) is 6.41. The van der Waals surface area contributed by atoms with Crippen molar-refractivity contribution in [2.24, 2.45) is 0 Å². The number of hydrogen-bond acceptors (Lipinski definition) is 8. The molecule has 0 amide bonds. The predicted octanol–water partition coefficient (Wildman–Crippen LogP) is 0.429. The van der Waals surface area contributed by atoms with Gasteiger partial charge < -0.3 is 26.0 Å². The Morgan fingerprint density at radius 2 is 1.96 bits per heavy atom. The smallest absolute Gasteiger partial charge is 0.353 e. The summed E-state index contributed by atoms with van der Waals surface area (Å²) in [6.45, 7) is 5.46. The van der Waals surface area contributed by atoms with Crippen molar-refractivity contribution in [3.8, 4) is 0 Å². The molecule has 0 radical (unpaired) electrons. The van der Waals surface area contributed by atoms with E-state index in [1.165, 1.54) is 11.3 Å². The number of nitrogens with zero attached hydrogens (tertiary/aromatic N) is 3. The van der Waals surface area contributed by atoms with Gasteiger partial charge >= 0.3 is 5.69 Å². The van der Waals surface area contributed by atoms with Crippen LogP contribution >= 0.6 is 0 Å². The summed E-state index contributed by atoms with van der Waals surface area (Å²) >= 11 is 0. The summed E-state index contributed by atoms with van der Waals surface area (Å²) in [6, 6.07) is 0.199. The van der Waals surface area contributed by atoms with Crippen molar-refractivity contribution in [2.75, 3.05) is 55.8 Å². The van der Waals surface area contributed by atoms with Gasteiger partial charge in [-0.2, -0.15) is 9.97 Å². The zero-order valence-electron chi connectivity index (χ0n) is 15.7. The molecular weight excluding hydrogens is 350 g/mol. The molecule has 2 fully saturated rings. The van der Waals surface area contributed by atoms with Crippen LogP contribution in [-0.2, 0) is 4.74 Å². The third kappa shape index (κ3) is 5.64. The second kappa shape index (κ2) is 9.65. The van der Waals surface area contributed by atoms with Crippen molar-refractivity contribution >= 4 is 23.3 Å². The molecule has 1 aliphatic carbocycles. The van der Waals surface area contributed by atoms with Crippen LogP contribution in [0.3, 0.4) is 0 Å². The number of rotatable bonds is 8. The maximum absolute atomic E-state index is 11.4. The molecule has 150 valence electrons. The van der Waals surface area contributed by atoms with Gasteiger partial charge in [-0.3, -0.25) is 10.1 Å². The number of nitrogen functional groups attached to an aromatic ring is 1. The van der Waals surface area contributed by atoms with E-state index in [4.69, 9.17) is 10.5 Å². The molecule has 0 unspecified atom stereocenters. The average molecular weight is 380 g/mol. The number of nitro groups is 1. The fraction of sp³-hybridized carbons (Fsp3) is 0.765. The largest absolute Gasteiger partial charge is 0.378 e. The van der Waals surface area contributed by atoms with Crippen LogP contribution in [0.15, 0.2) is 0 Å². The molecule has 1 saturated carbocycles. The van der Waals surface area contributed by atoms with Gasteiger partial charge in [-0.05, 0) is 12.8 Å². The number of hydrogen-bond donors (Lipinski definition) is 4. The summed E-state index contributed by atoms with van der Waals surface area (Å²) < 4.78 is 5.36. The molecule has 0 bridgehead atoms. The molecule has 1 saturated heterocycles. The minimum absolute atomic E-state index is 0.102. The van der Waals surface area contributed by atoms with Crippen molar-refractivity contribution in [1.82, 2.24) is 9.97 Å². The number of ether oxygens (including phenoxy) is 1. The Kier molecular flexibility index (Phi) is 6.99. The minimum Gasteiger partial charge on any atom is -0.378 e. The molecule has 2 aliphatic rings. The first kappa shape index (κ1) is 19.6. The topological polar surface area (TPSA) is 133 Å². The lowest BCUT2D eigenvalue weighted by Gasteiger charge is -2.24. The lowest BCUT2D eigenvalue weighted by Crippen LogP contribution is -3.14. The van der Waals surface area contributed by atoms with Crippen LogP contribution < -0.4 is 21.3 Å². The second-order valence-corrected chi connectivity index (χ2v) is 7.26. The third-order valence-electron chi connectivity index (χ3n) is 5.23. The summed E-state index contributed by atoms with van der Waals surface area (Å²) in [5.74, 6) is 0.462. The van der Waals surface area contributed by atoms with Crippen molar-refractivity contribution in [3.05, 3.63) is 10.1 Å². The van der Waals surface area contributed by atoms with Crippen LogP contribution in [0.2, 0.25) is 0 Å². The molecule has 2 heterocycles. The maximum Gasteiger partial charge on any atom is 0.353 e. The monoisotopic (exact) mass is 380 g/mol. The van der Waals surface area contributed by atoms with E-state index in [1.54, 1.807) is 0 Å². The SMILES string of the molecule is Nc1nc(NCCC[NH+]2CCOCC2)nc(NC2CCCCC2)c1[N+](=O)[O-]. The van der Waals surface area contributed by atoms with E-state index < -0.39 is 4.92 Å². The highest BCUT2D eigenvalue weighted by Gasteiger charge is 2.25. The first-order valence-corrected chi connectivity index (χ1v) is 9.87. The van der Waals surface area contributed by atoms with E-state index in [0.29, 0.717) is 12.5 Å². The van der Waals surface area contributed by atoms with E-state index in [-0.39, 0.29) is 23.4 Å². The van der Waals surface area contributed by atoms with E-state index in [9.17, 15) is 10.1 Å². The highest BCUT2D eigenvalue weighted by molar-refractivity contribution is 5.70. The van der Waals surface area contributed by atoms with Gasteiger partial charge in [-0.15, -0.1) is 0 Å². The zero-order chi connectivity index (χ0) is 19.1. The molecule has 1 aromatic heterocycles. The Bertz CT molecular complexity index is 631. The van der Waals surface area contributed by atoms with Gasteiger partial charge in [-0.25, -0.2) is 0 Å². The first-order valence-electron chi connectivity index (χ1n) is 9.87. The molecule has 3 rings (SSSR count). The molecule has 0 spiro atoms. The fourth-order valence-electron chi connectivity index (χ4n) is 3.72. The Balaban J connectivity index is 1.59. The second-order valence-electron chi connectivity index (χ2n) is 7.26. The van der Waals surface area contributed by atoms with Gasteiger partial charge in [0.05, 0.1) is 24.7 Å². The Morgan fingerprint density at radius 1 is 1.22 bits per heavy atom. The van der Waals surface area contributed by atoms with Crippen LogP contribution in [0.4, 0.5) is 23.3 Å². The molecule has 0 atom stereocenters. The van der Waals surface area contributed by atoms with E-state index in [1.807, 2.05) is 0 Å². The highest BCUT2D eigenvalue weighted by Crippen LogP contribution is 2.31. The number of anilines is 3. The minimum atomic E-state index is -0.508. The summed E-state index contributed by atoms with van der Waals surface area (Å²) in [4.78, 5) is 20.9. The van der Waals surface area contributed by atoms with Crippen LogP contribution in [0.1, 0.15) is 38.5 Å². The van der Waals surface area contributed by atoms with E-state index in [0.717, 1.165) is 65.0 Å². The van der Waals surface area contributed by atoms with Crippen molar-refractivity contribution in [3.63, 3.8) is 0 Å². The molecule has 10 heteroatoms. The van der Waals surface area contributed by atoms with Gasteiger partial charge in [0, 0.05) is 19.0 Å². The standard InChI is InChI=1S/C17H29N7O3/c18-15-14(24(25)26)16(20-13-5-2-1-3-6-13)22-17(21-15)19-7-4-8-23-9-11-27-12-10-23/h13H,1-12H2,(H4,18,19,20,21,22)/p+1. The van der Waals surface area contributed by atoms with Gasteiger partial charge in [0.15, 0.2) is 0 Å².